The van der Waals surface area contributed by atoms with E-state index < -0.39 is 5.82 Å². The fraction of sp³-hybridized carbons (Fsp3) is 0.188. The molecule has 0 aliphatic rings. The Hall–Kier alpha value is -1.99. The van der Waals surface area contributed by atoms with Gasteiger partial charge in [0, 0.05) is 4.88 Å². The van der Waals surface area contributed by atoms with E-state index in [9.17, 15) is 9.18 Å². The lowest BCUT2D eigenvalue weighted by Gasteiger charge is -1.96. The Bertz CT molecular complexity index is 829. The van der Waals surface area contributed by atoms with Gasteiger partial charge < -0.3 is 4.42 Å². The van der Waals surface area contributed by atoms with Crippen LogP contribution in [0.1, 0.15) is 21.5 Å². The third-order valence-corrected chi connectivity index (χ3v) is 5.21. The van der Waals surface area contributed by atoms with Gasteiger partial charge in [0.25, 0.3) is 11.1 Å². The Kier molecular flexibility index (Phi) is 4.88. The third kappa shape index (κ3) is 3.68. The number of aromatic nitrogens is 2. The SMILES string of the molecule is CCc1ccc(C(=O)CSc2nnc(-c3ccccc3F)o2)s1. The molecule has 118 valence electrons. The van der Waals surface area contributed by atoms with Crippen molar-refractivity contribution in [1.29, 1.82) is 0 Å². The summed E-state index contributed by atoms with van der Waals surface area (Å²) in [5.41, 5.74) is 0.254. The molecular weight excluding hydrogens is 335 g/mol. The van der Waals surface area contributed by atoms with Gasteiger partial charge in [0.15, 0.2) is 5.78 Å². The standard InChI is InChI=1S/C16H13FN2O2S2/c1-2-10-7-8-14(23-10)13(20)9-22-16-19-18-15(21-16)11-5-3-4-6-12(11)17/h3-8H,2,9H2,1H3. The van der Waals surface area contributed by atoms with Crippen LogP contribution in [0.2, 0.25) is 0 Å². The lowest BCUT2D eigenvalue weighted by molar-refractivity contribution is 0.102. The normalized spacial score (nSPS) is 10.9. The van der Waals surface area contributed by atoms with Crippen molar-refractivity contribution in [3.05, 3.63) is 52.0 Å². The number of carbonyl (C=O) groups excluding carboxylic acids is 1. The first-order valence-electron chi connectivity index (χ1n) is 7.00. The summed E-state index contributed by atoms with van der Waals surface area (Å²) in [6.07, 6.45) is 0.917. The molecule has 1 aromatic carbocycles. The Balaban J connectivity index is 1.65. The van der Waals surface area contributed by atoms with Gasteiger partial charge in [-0.15, -0.1) is 21.5 Å². The minimum absolute atomic E-state index is 0.0188. The number of nitrogens with zero attached hydrogens (tertiary/aromatic N) is 2. The largest absolute Gasteiger partial charge is 0.411 e. The van der Waals surface area contributed by atoms with E-state index in [0.29, 0.717) is 0 Å². The fourth-order valence-corrected chi connectivity index (χ4v) is 3.55. The van der Waals surface area contributed by atoms with Crippen molar-refractivity contribution in [3.8, 4) is 11.5 Å². The summed E-state index contributed by atoms with van der Waals surface area (Å²) in [6.45, 7) is 2.05. The second-order valence-electron chi connectivity index (χ2n) is 4.68. The molecule has 0 radical (unpaired) electrons. The molecule has 0 fully saturated rings. The molecule has 0 N–H and O–H groups in total. The average molecular weight is 348 g/mol. The monoisotopic (exact) mass is 348 g/mol. The molecule has 0 unspecified atom stereocenters. The van der Waals surface area contributed by atoms with Gasteiger partial charge in [0.2, 0.25) is 0 Å². The van der Waals surface area contributed by atoms with Crippen LogP contribution in [-0.4, -0.2) is 21.7 Å². The smallest absolute Gasteiger partial charge is 0.277 e. The zero-order chi connectivity index (χ0) is 16.2. The highest BCUT2D eigenvalue weighted by atomic mass is 32.2. The molecule has 7 heteroatoms. The van der Waals surface area contributed by atoms with Crippen LogP contribution >= 0.6 is 23.1 Å². The second-order valence-corrected chi connectivity index (χ2v) is 6.78. The summed E-state index contributed by atoms with van der Waals surface area (Å²) >= 11 is 2.66. The van der Waals surface area contributed by atoms with Crippen LogP contribution in [0, 0.1) is 5.82 Å². The number of hydrogen-bond acceptors (Lipinski definition) is 6. The predicted molar refractivity (Wildman–Crippen MR) is 88.4 cm³/mol. The number of Topliss-reactive ketones (excluding diaryl/α,β-unsaturated/α-hetero) is 1. The molecule has 3 rings (SSSR count). The number of ketones is 1. The van der Waals surface area contributed by atoms with Gasteiger partial charge in [-0.1, -0.05) is 30.8 Å². The first-order valence-corrected chi connectivity index (χ1v) is 8.80. The lowest BCUT2D eigenvalue weighted by Crippen LogP contribution is -1.99. The Morgan fingerprint density at radius 3 is 2.83 bits per heavy atom. The first-order chi connectivity index (χ1) is 11.2. The minimum Gasteiger partial charge on any atom is -0.411 e. The molecule has 3 aromatic rings. The van der Waals surface area contributed by atoms with Gasteiger partial charge in [0.1, 0.15) is 5.82 Å². The fourth-order valence-electron chi connectivity index (χ4n) is 1.93. The maximum absolute atomic E-state index is 13.7. The summed E-state index contributed by atoms with van der Waals surface area (Å²) in [5, 5.41) is 7.93. The maximum atomic E-state index is 13.7. The van der Waals surface area contributed by atoms with Crippen LogP contribution in [0.15, 0.2) is 46.0 Å². The number of benzene rings is 1. The van der Waals surface area contributed by atoms with E-state index in [1.54, 1.807) is 18.2 Å². The van der Waals surface area contributed by atoms with Gasteiger partial charge in [-0.3, -0.25) is 4.79 Å². The number of thiophene rings is 1. The summed E-state index contributed by atoms with van der Waals surface area (Å²) in [6, 6.07) is 9.99. The average Bonchev–Trinajstić information content (AvgIpc) is 3.22. The lowest BCUT2D eigenvalue weighted by atomic mass is 10.2. The number of halogens is 1. The van der Waals surface area contributed by atoms with Crippen LogP contribution in [0.3, 0.4) is 0 Å². The minimum atomic E-state index is -0.422. The molecule has 4 nitrogen and oxygen atoms in total. The molecule has 0 spiro atoms. The van der Waals surface area contributed by atoms with Crippen molar-refractivity contribution < 1.29 is 13.6 Å². The van der Waals surface area contributed by atoms with Crippen LogP contribution in [-0.2, 0) is 6.42 Å². The van der Waals surface area contributed by atoms with Gasteiger partial charge in [0.05, 0.1) is 16.2 Å². The molecule has 0 amide bonds. The van der Waals surface area contributed by atoms with Gasteiger partial charge in [-0.2, -0.15) is 0 Å². The second kappa shape index (κ2) is 7.06. The van der Waals surface area contributed by atoms with E-state index in [-0.39, 0.29) is 28.2 Å². The number of aryl methyl sites for hydroxylation is 1. The Morgan fingerprint density at radius 2 is 2.09 bits per heavy atom. The summed E-state index contributed by atoms with van der Waals surface area (Å²) < 4.78 is 19.1. The van der Waals surface area contributed by atoms with Crippen molar-refractivity contribution in [2.24, 2.45) is 0 Å². The van der Waals surface area contributed by atoms with E-state index in [0.717, 1.165) is 23.1 Å². The molecule has 0 aliphatic heterocycles. The van der Waals surface area contributed by atoms with E-state index >= 15 is 0 Å². The van der Waals surface area contributed by atoms with Crippen molar-refractivity contribution in [2.75, 3.05) is 5.75 Å². The predicted octanol–water partition coefficient (Wildman–Crippen LogP) is 4.47. The highest BCUT2D eigenvalue weighted by molar-refractivity contribution is 7.99. The Morgan fingerprint density at radius 1 is 1.26 bits per heavy atom. The highest BCUT2D eigenvalue weighted by Crippen LogP contribution is 2.26. The molecule has 2 heterocycles. The van der Waals surface area contributed by atoms with E-state index in [2.05, 4.69) is 17.1 Å². The first kappa shape index (κ1) is 15.9. The molecule has 0 atom stereocenters. The third-order valence-electron chi connectivity index (χ3n) is 3.12. The molecular formula is C16H13FN2O2S2. The zero-order valence-corrected chi connectivity index (χ0v) is 13.9. The Labute approximate surface area is 140 Å². The van der Waals surface area contributed by atoms with Crippen LogP contribution < -0.4 is 0 Å². The van der Waals surface area contributed by atoms with E-state index in [1.165, 1.54) is 22.3 Å². The topological polar surface area (TPSA) is 56.0 Å². The number of rotatable bonds is 6. The van der Waals surface area contributed by atoms with Crippen LogP contribution in [0.25, 0.3) is 11.5 Å². The number of hydrogen-bond donors (Lipinski definition) is 0. The molecule has 0 bridgehead atoms. The molecule has 23 heavy (non-hydrogen) atoms. The van der Waals surface area contributed by atoms with E-state index in [1.807, 2.05) is 12.1 Å². The van der Waals surface area contributed by atoms with Gasteiger partial charge in [-0.25, -0.2) is 4.39 Å². The van der Waals surface area contributed by atoms with Gasteiger partial charge >= 0.3 is 0 Å². The van der Waals surface area contributed by atoms with Gasteiger partial charge in [-0.05, 0) is 30.7 Å². The molecule has 0 aliphatic carbocycles. The highest BCUT2D eigenvalue weighted by Gasteiger charge is 2.15. The molecule has 2 aromatic heterocycles. The maximum Gasteiger partial charge on any atom is 0.277 e. The summed E-state index contributed by atoms with van der Waals surface area (Å²) in [4.78, 5) is 14.0. The van der Waals surface area contributed by atoms with Crippen molar-refractivity contribution in [3.63, 3.8) is 0 Å². The van der Waals surface area contributed by atoms with Crippen LogP contribution in [0.4, 0.5) is 4.39 Å². The molecule has 0 saturated heterocycles. The molecule has 0 saturated carbocycles. The zero-order valence-electron chi connectivity index (χ0n) is 12.3. The van der Waals surface area contributed by atoms with Crippen molar-refractivity contribution in [2.45, 2.75) is 18.6 Å². The van der Waals surface area contributed by atoms with E-state index in [4.69, 9.17) is 4.42 Å². The van der Waals surface area contributed by atoms with Crippen molar-refractivity contribution in [1.82, 2.24) is 10.2 Å². The van der Waals surface area contributed by atoms with Crippen molar-refractivity contribution >= 4 is 28.9 Å². The van der Waals surface area contributed by atoms with Crippen LogP contribution in [0.5, 0.6) is 0 Å². The summed E-state index contributed by atoms with van der Waals surface area (Å²) in [7, 11) is 0. The quantitative estimate of drug-likeness (QED) is 0.486. The number of carbonyl (C=O) groups is 1. The number of thioether (sulfide) groups is 1. The summed E-state index contributed by atoms with van der Waals surface area (Å²) in [5.74, 6) is -0.0787.